The first-order valence-corrected chi connectivity index (χ1v) is 12.1. The Bertz CT molecular complexity index is 1280. The summed E-state index contributed by atoms with van der Waals surface area (Å²) >= 11 is 0. The Morgan fingerprint density at radius 2 is 2.09 bits per heavy atom. The molecule has 0 bridgehead atoms. The second-order valence-electron chi connectivity index (χ2n) is 7.68. The zero-order valence-corrected chi connectivity index (χ0v) is 18.8. The minimum absolute atomic E-state index is 0.175. The minimum Gasteiger partial charge on any atom is -0.483 e. The van der Waals surface area contributed by atoms with Crippen molar-refractivity contribution in [1.29, 1.82) is 0 Å². The zero-order valence-electron chi connectivity index (χ0n) is 18.0. The maximum Gasteiger partial charge on any atom is 0.150 e. The van der Waals surface area contributed by atoms with Crippen LogP contribution in [-0.4, -0.2) is 56.3 Å². The molecule has 1 aliphatic rings. The summed E-state index contributed by atoms with van der Waals surface area (Å²) in [6.45, 7) is 4.04. The lowest BCUT2D eigenvalue weighted by atomic mass is 10.1. The summed E-state index contributed by atoms with van der Waals surface area (Å²) in [6.07, 6.45) is 1.67. The lowest BCUT2D eigenvalue weighted by molar-refractivity contribution is 0.0736. The molecule has 32 heavy (non-hydrogen) atoms. The monoisotopic (exact) mass is 460 g/mol. The molecule has 0 amide bonds. The van der Waals surface area contributed by atoms with Crippen molar-refractivity contribution in [3.05, 3.63) is 48.0 Å². The van der Waals surface area contributed by atoms with E-state index < -0.39 is 27.7 Å². The fraction of sp³-hybridized carbons (Fsp3) is 0.318. The van der Waals surface area contributed by atoms with Gasteiger partial charge >= 0.3 is 0 Å². The molecule has 10 heteroatoms. The number of hydrogen-bond donors (Lipinski definition) is 3. The Morgan fingerprint density at radius 3 is 2.81 bits per heavy atom. The summed E-state index contributed by atoms with van der Waals surface area (Å²) in [5, 5.41) is 15.6. The predicted octanol–water partition coefficient (Wildman–Crippen LogP) is 3.02. The molecule has 0 aliphatic carbocycles. The van der Waals surface area contributed by atoms with E-state index in [9.17, 15) is 13.7 Å². The molecule has 3 N–H and O–H groups in total. The summed E-state index contributed by atoms with van der Waals surface area (Å²) in [4.78, 5) is 8.72. The van der Waals surface area contributed by atoms with E-state index in [4.69, 9.17) is 9.47 Å². The number of rotatable bonds is 6. The number of ether oxygens (including phenoxy) is 2. The zero-order chi connectivity index (χ0) is 22.9. The van der Waals surface area contributed by atoms with Crippen molar-refractivity contribution < 1.29 is 23.2 Å². The van der Waals surface area contributed by atoms with Crippen LogP contribution < -0.4 is 14.8 Å². The van der Waals surface area contributed by atoms with Crippen molar-refractivity contribution >= 4 is 43.2 Å². The van der Waals surface area contributed by atoms with E-state index in [2.05, 4.69) is 20.0 Å². The minimum atomic E-state index is -2.31. The molecule has 1 aromatic heterocycles. The maximum absolute atomic E-state index is 13.9. The highest BCUT2D eigenvalue weighted by Crippen LogP contribution is 2.34. The molecule has 1 fully saturated rings. The van der Waals surface area contributed by atoms with Gasteiger partial charge in [0.15, 0.2) is 6.10 Å². The van der Waals surface area contributed by atoms with E-state index in [1.807, 2.05) is 13.0 Å². The molecule has 1 saturated heterocycles. The second kappa shape index (κ2) is 8.89. The molecule has 0 spiro atoms. The average molecular weight is 461 g/mol. The van der Waals surface area contributed by atoms with Crippen LogP contribution in [0, 0.1) is 12.7 Å². The Hall–Kier alpha value is -2.95. The molecule has 0 saturated carbocycles. The normalized spacial score (nSPS) is 20.0. The number of aliphatic hydroxyl groups is 1. The third kappa shape index (κ3) is 4.77. The number of aliphatic hydroxyl groups excluding tert-OH is 1. The Morgan fingerprint density at radius 1 is 1.28 bits per heavy atom. The molecule has 3 atom stereocenters. The Balaban J connectivity index is 1.70. The Kier molecular flexibility index (Phi) is 6.18. The van der Waals surface area contributed by atoms with Crippen LogP contribution in [0.25, 0.3) is 10.9 Å². The van der Waals surface area contributed by atoms with Gasteiger partial charge in [0.2, 0.25) is 0 Å². The molecule has 2 aromatic carbocycles. The number of anilines is 3. The van der Waals surface area contributed by atoms with Gasteiger partial charge in [-0.1, -0.05) is 0 Å². The van der Waals surface area contributed by atoms with Gasteiger partial charge in [-0.25, -0.2) is 18.6 Å². The molecule has 3 aromatic rings. The molecule has 170 valence electrons. The van der Waals surface area contributed by atoms with E-state index in [0.717, 1.165) is 10.9 Å². The van der Waals surface area contributed by atoms with Crippen LogP contribution in [0.4, 0.5) is 21.6 Å². The lowest BCUT2D eigenvalue weighted by Crippen LogP contribution is -2.30. The predicted molar refractivity (Wildman–Crippen MR) is 125 cm³/mol. The van der Waals surface area contributed by atoms with Gasteiger partial charge in [0.05, 0.1) is 24.4 Å². The number of fused-ring (bicyclic) bond motifs is 1. The van der Waals surface area contributed by atoms with Crippen molar-refractivity contribution in [3.63, 3.8) is 0 Å². The lowest BCUT2D eigenvalue weighted by Gasteiger charge is -2.19. The fourth-order valence-electron chi connectivity index (χ4n) is 3.46. The van der Waals surface area contributed by atoms with Crippen LogP contribution in [0.1, 0.15) is 12.5 Å². The van der Waals surface area contributed by atoms with Gasteiger partial charge in [0.1, 0.15) is 29.8 Å². The molecule has 0 radical (unpaired) electrons. The molecular formula is C22H25FN4O4S. The van der Waals surface area contributed by atoms with Crippen molar-refractivity contribution in [2.45, 2.75) is 26.1 Å². The summed E-state index contributed by atoms with van der Waals surface area (Å²) in [5.41, 5.74) is 2.69. The van der Waals surface area contributed by atoms with E-state index in [0.29, 0.717) is 22.7 Å². The van der Waals surface area contributed by atoms with Crippen molar-refractivity contribution in [2.75, 3.05) is 29.5 Å². The first-order chi connectivity index (χ1) is 15.3. The van der Waals surface area contributed by atoms with Gasteiger partial charge in [-0.2, -0.15) is 0 Å². The summed E-state index contributed by atoms with van der Waals surface area (Å²) in [5.74, 6) is 0.291. The van der Waals surface area contributed by atoms with Gasteiger partial charge in [-0.15, -0.1) is 0 Å². The van der Waals surface area contributed by atoms with E-state index in [-0.39, 0.29) is 19.0 Å². The molecule has 4 rings (SSSR count). The first-order valence-electron chi connectivity index (χ1n) is 10.1. The summed E-state index contributed by atoms with van der Waals surface area (Å²) < 4.78 is 40.4. The van der Waals surface area contributed by atoms with E-state index in [1.165, 1.54) is 18.5 Å². The standard InChI is InChI=1S/C22H25FN4O4S/c1-4-32(3,29)27-15-7-13(2)21-17(9-15)24-12-25-22(21)26-16-6-5-14(23)8-19(16)31-20-11-30-10-18(20)28/h4-9,12,18,20,28H,10-11H2,1-3H3,(H,27,29)(H,24,25,26). The van der Waals surface area contributed by atoms with Crippen molar-refractivity contribution in [2.24, 2.45) is 0 Å². The molecule has 3 unspecified atom stereocenters. The molecule has 8 nitrogen and oxygen atoms in total. The van der Waals surface area contributed by atoms with Crippen LogP contribution >= 0.6 is 0 Å². The number of aryl methyl sites for hydroxylation is 1. The number of nitrogens with one attached hydrogen (secondary N) is 2. The highest BCUT2D eigenvalue weighted by molar-refractivity contribution is 8.01. The van der Waals surface area contributed by atoms with Gasteiger partial charge < -0.3 is 24.6 Å². The van der Waals surface area contributed by atoms with Crippen LogP contribution in [0.2, 0.25) is 0 Å². The number of hydrogen-bond acceptors (Lipinski definition) is 7. The fourth-order valence-corrected chi connectivity index (χ4v) is 4.17. The maximum atomic E-state index is 13.9. The van der Waals surface area contributed by atoms with Crippen molar-refractivity contribution in [3.8, 4) is 5.75 Å². The average Bonchev–Trinajstić information content (AvgIpc) is 3.14. The first kappa shape index (κ1) is 22.3. The smallest absolute Gasteiger partial charge is 0.150 e. The van der Waals surface area contributed by atoms with Crippen LogP contribution in [0.5, 0.6) is 5.75 Å². The quantitative estimate of drug-likeness (QED) is 0.486. The highest BCUT2D eigenvalue weighted by atomic mass is 32.2. The molecule has 2 heterocycles. The van der Waals surface area contributed by atoms with Crippen LogP contribution in [-0.2, 0) is 14.4 Å². The Labute approximate surface area is 185 Å². The number of nitrogens with zero attached hydrogens (tertiary/aromatic N) is 2. The third-order valence-corrected chi connectivity index (χ3v) is 6.72. The van der Waals surface area contributed by atoms with E-state index in [1.54, 1.807) is 30.7 Å². The van der Waals surface area contributed by atoms with Crippen LogP contribution in [0.3, 0.4) is 0 Å². The largest absolute Gasteiger partial charge is 0.483 e. The third-order valence-electron chi connectivity index (χ3n) is 5.18. The topological polar surface area (TPSA) is 106 Å². The number of benzene rings is 2. The van der Waals surface area contributed by atoms with E-state index >= 15 is 0 Å². The highest BCUT2D eigenvalue weighted by Gasteiger charge is 2.29. The number of halogens is 1. The second-order valence-corrected chi connectivity index (χ2v) is 10.2. The number of aromatic nitrogens is 2. The van der Waals surface area contributed by atoms with Gasteiger partial charge in [0.25, 0.3) is 0 Å². The van der Waals surface area contributed by atoms with Crippen LogP contribution in [0.15, 0.2) is 36.7 Å². The molecular weight excluding hydrogens is 435 g/mol. The van der Waals surface area contributed by atoms with Gasteiger partial charge in [0, 0.05) is 33.1 Å². The van der Waals surface area contributed by atoms with Gasteiger partial charge in [-0.3, -0.25) is 0 Å². The summed E-state index contributed by atoms with van der Waals surface area (Å²) in [7, 11) is -2.31. The van der Waals surface area contributed by atoms with Gasteiger partial charge in [-0.05, 0) is 49.0 Å². The SMILES string of the molecule is CC=S(C)(=O)Nc1cc(C)c2c(Nc3ccc(F)cc3OC3COCC3O)ncnc2c1. The van der Waals surface area contributed by atoms with Crippen molar-refractivity contribution in [1.82, 2.24) is 9.97 Å². The summed E-state index contributed by atoms with van der Waals surface area (Å²) in [6, 6.07) is 7.79. The molecule has 1 aliphatic heterocycles.